The van der Waals surface area contributed by atoms with Crippen molar-refractivity contribution >= 4 is 5.82 Å². The molecule has 2 heterocycles. The monoisotopic (exact) mass is 247 g/mol. The molecule has 1 saturated heterocycles. The first-order chi connectivity index (χ1) is 8.74. The minimum atomic E-state index is 0.600. The van der Waals surface area contributed by atoms with E-state index in [1.165, 1.54) is 37.7 Å². The molecule has 0 spiro atoms. The molecule has 2 rings (SSSR count). The van der Waals surface area contributed by atoms with Crippen LogP contribution in [-0.4, -0.2) is 17.6 Å². The van der Waals surface area contributed by atoms with Gasteiger partial charge < -0.3 is 10.6 Å². The van der Waals surface area contributed by atoms with Crippen LogP contribution in [-0.2, 0) is 6.54 Å². The van der Waals surface area contributed by atoms with Crippen molar-refractivity contribution in [3.8, 4) is 0 Å². The third kappa shape index (κ3) is 3.02. The summed E-state index contributed by atoms with van der Waals surface area (Å²) in [6, 6.07) is 4.92. The number of pyridine rings is 1. The maximum atomic E-state index is 5.76. The number of aromatic nitrogens is 1. The predicted molar refractivity (Wildman–Crippen MR) is 76.8 cm³/mol. The molecule has 3 nitrogen and oxygen atoms in total. The van der Waals surface area contributed by atoms with Gasteiger partial charge in [-0.05, 0) is 50.3 Å². The first-order valence-corrected chi connectivity index (χ1v) is 7.19. The van der Waals surface area contributed by atoms with Crippen LogP contribution in [0.2, 0.25) is 0 Å². The highest BCUT2D eigenvalue weighted by Gasteiger charge is 2.23. The van der Waals surface area contributed by atoms with Gasteiger partial charge in [0.05, 0.1) is 0 Å². The Bertz CT molecular complexity index is 387. The maximum absolute atomic E-state index is 5.76. The van der Waals surface area contributed by atoms with Gasteiger partial charge in [0.25, 0.3) is 0 Å². The fourth-order valence-electron chi connectivity index (χ4n) is 2.92. The summed E-state index contributed by atoms with van der Waals surface area (Å²) in [7, 11) is 0. The number of hydrogen-bond acceptors (Lipinski definition) is 3. The van der Waals surface area contributed by atoms with Crippen LogP contribution in [0.4, 0.5) is 5.82 Å². The van der Waals surface area contributed by atoms with Crippen LogP contribution in [0.3, 0.4) is 0 Å². The number of nitrogens with zero attached hydrogens (tertiary/aromatic N) is 2. The summed E-state index contributed by atoms with van der Waals surface area (Å²) in [5.41, 5.74) is 8.03. The molecule has 3 heteroatoms. The standard InChI is InChI=1S/C15H25N3/c1-3-6-14-7-4-5-8-18(14)15-10-13(11-16)9-12(2)17-15/h9-10,14H,3-8,11,16H2,1-2H3. The summed E-state index contributed by atoms with van der Waals surface area (Å²) in [4.78, 5) is 7.21. The second-order valence-electron chi connectivity index (χ2n) is 5.31. The van der Waals surface area contributed by atoms with Crippen molar-refractivity contribution in [2.45, 2.75) is 58.5 Å². The Labute approximate surface area is 110 Å². The van der Waals surface area contributed by atoms with Gasteiger partial charge in [-0.1, -0.05) is 13.3 Å². The third-order valence-corrected chi connectivity index (χ3v) is 3.78. The van der Waals surface area contributed by atoms with Gasteiger partial charge in [0.15, 0.2) is 0 Å². The lowest BCUT2D eigenvalue weighted by Gasteiger charge is -2.37. The lowest BCUT2D eigenvalue weighted by atomic mass is 9.98. The van der Waals surface area contributed by atoms with Gasteiger partial charge in [-0.2, -0.15) is 0 Å². The molecule has 2 N–H and O–H groups in total. The van der Waals surface area contributed by atoms with E-state index in [9.17, 15) is 0 Å². The average Bonchev–Trinajstić information content (AvgIpc) is 2.39. The van der Waals surface area contributed by atoms with Crippen molar-refractivity contribution in [3.63, 3.8) is 0 Å². The Morgan fingerprint density at radius 3 is 2.94 bits per heavy atom. The van der Waals surface area contributed by atoms with E-state index in [1.807, 2.05) is 0 Å². The van der Waals surface area contributed by atoms with E-state index in [0.717, 1.165) is 18.1 Å². The smallest absolute Gasteiger partial charge is 0.129 e. The number of nitrogens with two attached hydrogens (primary N) is 1. The van der Waals surface area contributed by atoms with Crippen molar-refractivity contribution in [1.29, 1.82) is 0 Å². The highest BCUT2D eigenvalue weighted by Crippen LogP contribution is 2.26. The molecule has 100 valence electrons. The Morgan fingerprint density at radius 1 is 1.39 bits per heavy atom. The van der Waals surface area contributed by atoms with Crippen molar-refractivity contribution < 1.29 is 0 Å². The number of hydrogen-bond donors (Lipinski definition) is 1. The molecule has 1 fully saturated rings. The van der Waals surface area contributed by atoms with Gasteiger partial charge >= 0.3 is 0 Å². The lowest BCUT2D eigenvalue weighted by molar-refractivity contribution is 0.431. The van der Waals surface area contributed by atoms with Gasteiger partial charge in [0, 0.05) is 24.8 Å². The van der Waals surface area contributed by atoms with E-state index < -0.39 is 0 Å². The minimum Gasteiger partial charge on any atom is -0.354 e. The first-order valence-electron chi connectivity index (χ1n) is 7.19. The third-order valence-electron chi connectivity index (χ3n) is 3.78. The summed E-state index contributed by atoms with van der Waals surface area (Å²) in [6.45, 7) is 6.07. The van der Waals surface area contributed by atoms with Crippen molar-refractivity contribution in [3.05, 3.63) is 23.4 Å². The van der Waals surface area contributed by atoms with Gasteiger partial charge in [0.1, 0.15) is 5.82 Å². The maximum Gasteiger partial charge on any atom is 0.129 e. The summed E-state index contributed by atoms with van der Waals surface area (Å²) < 4.78 is 0. The van der Waals surface area contributed by atoms with Crippen LogP contribution < -0.4 is 10.6 Å². The highest BCUT2D eigenvalue weighted by molar-refractivity contribution is 5.44. The molecule has 1 aromatic rings. The van der Waals surface area contributed by atoms with Crippen molar-refractivity contribution in [2.24, 2.45) is 5.73 Å². The van der Waals surface area contributed by atoms with Crippen LogP contribution in [0.15, 0.2) is 12.1 Å². The normalized spacial score (nSPS) is 20.2. The largest absolute Gasteiger partial charge is 0.354 e. The van der Waals surface area contributed by atoms with Crippen LogP contribution in [0.25, 0.3) is 0 Å². The van der Waals surface area contributed by atoms with Gasteiger partial charge in [-0.15, -0.1) is 0 Å². The Morgan fingerprint density at radius 2 is 2.22 bits per heavy atom. The Kier molecular flexibility index (Phi) is 4.59. The number of aryl methyl sites for hydroxylation is 1. The van der Waals surface area contributed by atoms with Gasteiger partial charge in [-0.25, -0.2) is 4.98 Å². The first kappa shape index (κ1) is 13.3. The fourth-order valence-corrected chi connectivity index (χ4v) is 2.92. The summed E-state index contributed by atoms with van der Waals surface area (Å²) in [5.74, 6) is 1.13. The van der Waals surface area contributed by atoms with Crippen molar-refractivity contribution in [1.82, 2.24) is 4.98 Å². The van der Waals surface area contributed by atoms with E-state index in [2.05, 4.69) is 30.9 Å². The summed E-state index contributed by atoms with van der Waals surface area (Å²) in [6.07, 6.45) is 6.47. The van der Waals surface area contributed by atoms with Gasteiger partial charge in [-0.3, -0.25) is 0 Å². The molecular formula is C15H25N3. The predicted octanol–water partition coefficient (Wildman–Crippen LogP) is 3.01. The van der Waals surface area contributed by atoms with E-state index in [4.69, 9.17) is 10.7 Å². The molecule has 1 aromatic heterocycles. The molecule has 0 aromatic carbocycles. The molecule has 0 saturated carbocycles. The Balaban J connectivity index is 2.24. The van der Waals surface area contributed by atoms with Gasteiger partial charge in [0.2, 0.25) is 0 Å². The van der Waals surface area contributed by atoms with Crippen LogP contribution >= 0.6 is 0 Å². The van der Waals surface area contributed by atoms with E-state index in [0.29, 0.717) is 12.6 Å². The van der Waals surface area contributed by atoms with E-state index >= 15 is 0 Å². The van der Waals surface area contributed by atoms with Crippen LogP contribution in [0, 0.1) is 6.92 Å². The van der Waals surface area contributed by atoms with Crippen LogP contribution in [0.5, 0.6) is 0 Å². The topological polar surface area (TPSA) is 42.1 Å². The van der Waals surface area contributed by atoms with Crippen LogP contribution in [0.1, 0.15) is 50.3 Å². The highest BCUT2D eigenvalue weighted by atomic mass is 15.2. The van der Waals surface area contributed by atoms with E-state index in [-0.39, 0.29) is 0 Å². The SMILES string of the molecule is CCCC1CCCCN1c1cc(CN)cc(C)n1. The molecule has 0 amide bonds. The molecule has 1 unspecified atom stereocenters. The van der Waals surface area contributed by atoms with Crippen molar-refractivity contribution in [2.75, 3.05) is 11.4 Å². The quantitative estimate of drug-likeness (QED) is 0.889. The molecule has 0 bridgehead atoms. The minimum absolute atomic E-state index is 0.600. The zero-order valence-electron chi connectivity index (χ0n) is 11.7. The zero-order chi connectivity index (χ0) is 13.0. The molecule has 0 aliphatic carbocycles. The average molecular weight is 247 g/mol. The number of piperidine rings is 1. The summed E-state index contributed by atoms with van der Waals surface area (Å²) in [5, 5.41) is 0. The second kappa shape index (κ2) is 6.19. The molecule has 18 heavy (non-hydrogen) atoms. The Hall–Kier alpha value is -1.09. The molecule has 1 aliphatic heterocycles. The molecule has 1 aliphatic rings. The summed E-state index contributed by atoms with van der Waals surface area (Å²) >= 11 is 0. The van der Waals surface area contributed by atoms with E-state index in [1.54, 1.807) is 0 Å². The molecular weight excluding hydrogens is 222 g/mol. The zero-order valence-corrected chi connectivity index (χ0v) is 11.7. The molecule has 0 radical (unpaired) electrons. The lowest BCUT2D eigenvalue weighted by Crippen LogP contribution is -2.40. The number of anilines is 1. The number of rotatable bonds is 4. The second-order valence-corrected chi connectivity index (χ2v) is 5.31. The molecule has 1 atom stereocenters. The fraction of sp³-hybridized carbons (Fsp3) is 0.667.